The SMILES string of the molecule is O=C(Oc1ccc([C@H]2NC(=O)c3ccccc3N2)cc1)c1cccnc1. The lowest BCUT2D eigenvalue weighted by atomic mass is 10.1. The van der Waals surface area contributed by atoms with Crippen molar-refractivity contribution in [3.05, 3.63) is 89.7 Å². The third kappa shape index (κ3) is 3.12. The molecule has 4 rings (SSSR count). The van der Waals surface area contributed by atoms with E-state index in [2.05, 4.69) is 15.6 Å². The largest absolute Gasteiger partial charge is 0.423 e. The maximum atomic E-state index is 12.2. The predicted octanol–water partition coefficient (Wildman–Crippen LogP) is 3.15. The first-order chi connectivity index (χ1) is 12.7. The summed E-state index contributed by atoms with van der Waals surface area (Å²) in [5.41, 5.74) is 2.64. The van der Waals surface area contributed by atoms with Gasteiger partial charge >= 0.3 is 5.97 Å². The van der Waals surface area contributed by atoms with Crippen molar-refractivity contribution in [2.45, 2.75) is 6.17 Å². The second-order valence-electron chi connectivity index (χ2n) is 5.80. The Morgan fingerprint density at radius 3 is 2.54 bits per heavy atom. The molecule has 1 aliphatic heterocycles. The molecule has 0 radical (unpaired) electrons. The number of pyridine rings is 1. The normalized spacial score (nSPS) is 15.4. The standard InChI is InChI=1S/C20H15N3O3/c24-19-16-5-1-2-6-17(16)22-18(23-19)13-7-9-15(10-8-13)26-20(25)14-4-3-11-21-12-14/h1-12,18,22H,(H,23,24)/t18-/m1/s1. The van der Waals surface area contributed by atoms with Crippen LogP contribution in [0.15, 0.2) is 73.1 Å². The van der Waals surface area contributed by atoms with Crippen molar-refractivity contribution in [3.63, 3.8) is 0 Å². The predicted molar refractivity (Wildman–Crippen MR) is 95.9 cm³/mol. The average molecular weight is 345 g/mol. The Balaban J connectivity index is 1.48. The van der Waals surface area contributed by atoms with Gasteiger partial charge in [0.15, 0.2) is 0 Å². The summed E-state index contributed by atoms with van der Waals surface area (Å²) in [6.07, 6.45) is 2.70. The van der Waals surface area contributed by atoms with Crippen molar-refractivity contribution in [1.82, 2.24) is 10.3 Å². The van der Waals surface area contributed by atoms with Gasteiger partial charge in [0.2, 0.25) is 0 Å². The molecule has 6 nitrogen and oxygen atoms in total. The number of carbonyl (C=O) groups excluding carboxylic acids is 2. The fourth-order valence-corrected chi connectivity index (χ4v) is 2.75. The number of aromatic nitrogens is 1. The molecule has 26 heavy (non-hydrogen) atoms. The highest BCUT2D eigenvalue weighted by Gasteiger charge is 2.24. The van der Waals surface area contributed by atoms with Gasteiger partial charge in [0.05, 0.1) is 11.1 Å². The summed E-state index contributed by atoms with van der Waals surface area (Å²) in [7, 11) is 0. The minimum atomic E-state index is -0.469. The van der Waals surface area contributed by atoms with E-state index >= 15 is 0 Å². The Kier molecular flexibility index (Phi) is 4.07. The van der Waals surface area contributed by atoms with Gasteiger partial charge in [0.25, 0.3) is 5.91 Å². The fraction of sp³-hybridized carbons (Fsp3) is 0.0500. The van der Waals surface area contributed by atoms with Crippen molar-refractivity contribution in [2.24, 2.45) is 0 Å². The van der Waals surface area contributed by atoms with Crippen LogP contribution in [0.1, 0.15) is 32.4 Å². The monoisotopic (exact) mass is 345 g/mol. The maximum absolute atomic E-state index is 12.2. The Bertz CT molecular complexity index is 956. The number of para-hydroxylation sites is 1. The summed E-state index contributed by atoms with van der Waals surface area (Å²) >= 11 is 0. The van der Waals surface area contributed by atoms with E-state index in [0.29, 0.717) is 16.9 Å². The van der Waals surface area contributed by atoms with Crippen LogP contribution in [0.3, 0.4) is 0 Å². The van der Waals surface area contributed by atoms with E-state index in [1.54, 1.807) is 48.7 Å². The molecule has 2 heterocycles. The van der Waals surface area contributed by atoms with Gasteiger partial charge in [-0.25, -0.2) is 4.79 Å². The van der Waals surface area contributed by atoms with Crippen LogP contribution in [0.4, 0.5) is 5.69 Å². The van der Waals surface area contributed by atoms with E-state index < -0.39 is 5.97 Å². The summed E-state index contributed by atoms with van der Waals surface area (Å²) in [5.74, 6) is -0.176. The van der Waals surface area contributed by atoms with Crippen molar-refractivity contribution < 1.29 is 14.3 Å². The molecule has 1 atom stereocenters. The van der Waals surface area contributed by atoms with Crippen LogP contribution in [-0.2, 0) is 0 Å². The van der Waals surface area contributed by atoms with Crippen LogP contribution < -0.4 is 15.4 Å². The summed E-state index contributed by atoms with van der Waals surface area (Å²) < 4.78 is 5.33. The molecule has 1 amide bonds. The Labute approximate surface area is 149 Å². The molecule has 0 saturated carbocycles. The smallest absolute Gasteiger partial charge is 0.345 e. The van der Waals surface area contributed by atoms with Crippen LogP contribution in [0.2, 0.25) is 0 Å². The molecule has 0 aliphatic carbocycles. The zero-order valence-electron chi connectivity index (χ0n) is 13.7. The van der Waals surface area contributed by atoms with E-state index in [9.17, 15) is 9.59 Å². The first-order valence-electron chi connectivity index (χ1n) is 8.09. The molecule has 1 aliphatic rings. The Hall–Kier alpha value is -3.67. The molecule has 2 aromatic carbocycles. The lowest BCUT2D eigenvalue weighted by Gasteiger charge is -2.28. The minimum absolute atomic E-state index is 0.128. The molecule has 128 valence electrons. The Morgan fingerprint density at radius 2 is 1.77 bits per heavy atom. The molecule has 0 spiro atoms. The van der Waals surface area contributed by atoms with Crippen LogP contribution in [0, 0.1) is 0 Å². The third-order valence-electron chi connectivity index (χ3n) is 4.07. The molecule has 3 aromatic rings. The minimum Gasteiger partial charge on any atom is -0.423 e. The second kappa shape index (κ2) is 6.68. The van der Waals surface area contributed by atoms with Crippen LogP contribution >= 0.6 is 0 Å². The van der Waals surface area contributed by atoms with Gasteiger partial charge in [-0.05, 0) is 42.0 Å². The lowest BCUT2D eigenvalue weighted by Crippen LogP contribution is -2.38. The van der Waals surface area contributed by atoms with Crippen LogP contribution in [-0.4, -0.2) is 16.9 Å². The summed E-state index contributed by atoms with van der Waals surface area (Å²) in [6, 6.07) is 17.7. The maximum Gasteiger partial charge on any atom is 0.345 e. The molecular formula is C20H15N3O3. The first-order valence-corrected chi connectivity index (χ1v) is 8.09. The molecule has 6 heteroatoms. The van der Waals surface area contributed by atoms with Crippen molar-refractivity contribution >= 4 is 17.6 Å². The number of rotatable bonds is 3. The number of nitrogens with zero attached hydrogens (tertiary/aromatic N) is 1. The lowest BCUT2D eigenvalue weighted by molar-refractivity contribution is 0.0734. The second-order valence-corrected chi connectivity index (χ2v) is 5.80. The van der Waals surface area contributed by atoms with E-state index in [-0.39, 0.29) is 12.1 Å². The molecule has 0 fully saturated rings. The summed E-state index contributed by atoms with van der Waals surface area (Å²) in [5, 5.41) is 6.19. The number of carbonyl (C=O) groups is 2. The molecule has 2 N–H and O–H groups in total. The topological polar surface area (TPSA) is 80.3 Å². The van der Waals surface area contributed by atoms with E-state index in [1.807, 2.05) is 18.2 Å². The van der Waals surface area contributed by atoms with E-state index in [4.69, 9.17) is 4.74 Å². The van der Waals surface area contributed by atoms with Gasteiger partial charge in [-0.3, -0.25) is 9.78 Å². The molecular weight excluding hydrogens is 330 g/mol. The molecule has 0 saturated heterocycles. The number of hydrogen-bond acceptors (Lipinski definition) is 5. The zero-order valence-corrected chi connectivity index (χ0v) is 13.7. The van der Waals surface area contributed by atoms with Gasteiger partial charge in [-0.15, -0.1) is 0 Å². The van der Waals surface area contributed by atoms with Gasteiger partial charge < -0.3 is 15.4 Å². The molecule has 0 unspecified atom stereocenters. The van der Waals surface area contributed by atoms with Crippen molar-refractivity contribution in [2.75, 3.05) is 5.32 Å². The van der Waals surface area contributed by atoms with Gasteiger partial charge in [0.1, 0.15) is 11.9 Å². The number of nitrogens with one attached hydrogen (secondary N) is 2. The van der Waals surface area contributed by atoms with Crippen LogP contribution in [0.25, 0.3) is 0 Å². The van der Waals surface area contributed by atoms with Crippen molar-refractivity contribution in [1.29, 1.82) is 0 Å². The highest BCUT2D eigenvalue weighted by Crippen LogP contribution is 2.27. The average Bonchev–Trinajstić information content (AvgIpc) is 2.69. The van der Waals surface area contributed by atoms with Gasteiger partial charge in [0, 0.05) is 18.1 Å². The highest BCUT2D eigenvalue weighted by molar-refractivity contribution is 6.01. The quantitative estimate of drug-likeness (QED) is 0.563. The van der Waals surface area contributed by atoms with E-state index in [0.717, 1.165) is 11.3 Å². The summed E-state index contributed by atoms with van der Waals surface area (Å²) in [4.78, 5) is 28.2. The van der Waals surface area contributed by atoms with E-state index in [1.165, 1.54) is 6.20 Å². The van der Waals surface area contributed by atoms with Gasteiger partial charge in [-0.1, -0.05) is 24.3 Å². The Morgan fingerprint density at radius 1 is 0.962 bits per heavy atom. The van der Waals surface area contributed by atoms with Crippen molar-refractivity contribution in [3.8, 4) is 5.75 Å². The van der Waals surface area contributed by atoms with Crippen LogP contribution in [0.5, 0.6) is 5.75 Å². The number of hydrogen-bond donors (Lipinski definition) is 2. The zero-order chi connectivity index (χ0) is 17.9. The highest BCUT2D eigenvalue weighted by atomic mass is 16.5. The first kappa shape index (κ1) is 15.8. The fourth-order valence-electron chi connectivity index (χ4n) is 2.75. The molecule has 1 aromatic heterocycles. The third-order valence-corrected chi connectivity index (χ3v) is 4.07. The van der Waals surface area contributed by atoms with Gasteiger partial charge in [-0.2, -0.15) is 0 Å². The number of fused-ring (bicyclic) bond motifs is 1. The number of ether oxygens (including phenoxy) is 1. The summed E-state index contributed by atoms with van der Waals surface area (Å²) in [6.45, 7) is 0. The molecule has 0 bridgehead atoms. The number of anilines is 1. The number of benzene rings is 2. The number of esters is 1. The number of amides is 1.